The summed E-state index contributed by atoms with van der Waals surface area (Å²) in [6.07, 6.45) is 0. The van der Waals surface area contributed by atoms with Crippen molar-refractivity contribution in [1.29, 1.82) is 0 Å². The zero-order chi connectivity index (χ0) is 18.6. The van der Waals surface area contributed by atoms with Gasteiger partial charge in [-0.1, -0.05) is 5.16 Å². The highest BCUT2D eigenvalue weighted by Crippen LogP contribution is 2.13. The Morgan fingerprint density at radius 3 is 2.32 bits per heavy atom. The van der Waals surface area contributed by atoms with Crippen LogP contribution in [0.25, 0.3) is 0 Å². The molecule has 134 valence electrons. The Bertz CT molecular complexity index is 746. The molecule has 8 nitrogen and oxygen atoms in total. The van der Waals surface area contributed by atoms with Crippen LogP contribution in [0.3, 0.4) is 0 Å². The maximum absolute atomic E-state index is 12.1. The van der Waals surface area contributed by atoms with E-state index in [1.807, 2.05) is 20.8 Å². The molecule has 0 saturated carbocycles. The molecular formula is C17H23N5O3. The smallest absolute Gasteiger partial charge is 0.319 e. The Labute approximate surface area is 146 Å². The fraction of sp³-hybridized carbons (Fsp3) is 0.412. The van der Waals surface area contributed by atoms with E-state index in [0.29, 0.717) is 23.0 Å². The van der Waals surface area contributed by atoms with Crippen molar-refractivity contribution in [3.8, 4) is 0 Å². The molecule has 1 aromatic heterocycles. The number of nitrogens with one attached hydrogen (secondary N) is 3. The van der Waals surface area contributed by atoms with Crippen molar-refractivity contribution in [2.45, 2.75) is 46.2 Å². The number of nitrogens with zero attached hydrogens (tertiary/aromatic N) is 2. The maximum atomic E-state index is 12.1. The van der Waals surface area contributed by atoms with Crippen LogP contribution in [0.4, 0.5) is 10.5 Å². The van der Waals surface area contributed by atoms with E-state index in [2.05, 4.69) is 26.1 Å². The monoisotopic (exact) mass is 345 g/mol. The molecular weight excluding hydrogens is 322 g/mol. The summed E-state index contributed by atoms with van der Waals surface area (Å²) in [5, 5.41) is 12.0. The van der Waals surface area contributed by atoms with Gasteiger partial charge in [-0.05, 0) is 58.9 Å². The quantitative estimate of drug-likeness (QED) is 0.789. The largest absolute Gasteiger partial charge is 0.347 e. The van der Waals surface area contributed by atoms with E-state index in [-0.39, 0.29) is 11.4 Å². The summed E-state index contributed by atoms with van der Waals surface area (Å²) >= 11 is 0. The molecule has 1 atom stereocenters. The molecule has 25 heavy (non-hydrogen) atoms. The van der Waals surface area contributed by atoms with Gasteiger partial charge < -0.3 is 20.5 Å². The summed E-state index contributed by atoms with van der Waals surface area (Å²) in [5.41, 5.74) is 0.784. The summed E-state index contributed by atoms with van der Waals surface area (Å²) in [5.74, 6) is 0.680. The lowest BCUT2D eigenvalue weighted by Gasteiger charge is -2.20. The predicted molar refractivity (Wildman–Crippen MR) is 93.3 cm³/mol. The Balaban J connectivity index is 1.92. The number of carbonyl (C=O) groups is 2. The molecule has 3 amide bonds. The summed E-state index contributed by atoms with van der Waals surface area (Å²) in [4.78, 5) is 28.1. The van der Waals surface area contributed by atoms with Crippen LogP contribution in [0.1, 0.15) is 55.8 Å². The standard InChI is InChI=1S/C17H23N5O3/c1-10(15-19-11(2)22-25-15)18-16(24)20-13-8-6-12(7-9-13)14(23)21-17(3,4)5/h6-10H,1-5H3,(H,21,23)(H2,18,20,24). The van der Waals surface area contributed by atoms with Crippen LogP contribution in [0, 0.1) is 6.92 Å². The number of benzene rings is 1. The summed E-state index contributed by atoms with van der Waals surface area (Å²) in [7, 11) is 0. The van der Waals surface area contributed by atoms with E-state index in [1.165, 1.54) is 0 Å². The molecule has 0 aliphatic rings. The second-order valence-corrected chi connectivity index (χ2v) is 6.78. The number of hydrogen-bond acceptors (Lipinski definition) is 5. The minimum Gasteiger partial charge on any atom is -0.347 e. The molecule has 3 N–H and O–H groups in total. The third-order valence-electron chi connectivity index (χ3n) is 3.15. The maximum Gasteiger partial charge on any atom is 0.319 e. The van der Waals surface area contributed by atoms with E-state index >= 15 is 0 Å². The zero-order valence-corrected chi connectivity index (χ0v) is 15.0. The molecule has 0 spiro atoms. The molecule has 0 aliphatic carbocycles. The normalized spacial score (nSPS) is 12.4. The van der Waals surface area contributed by atoms with Crippen LogP contribution >= 0.6 is 0 Å². The number of hydrogen-bond donors (Lipinski definition) is 3. The highest BCUT2D eigenvalue weighted by Gasteiger charge is 2.17. The van der Waals surface area contributed by atoms with E-state index < -0.39 is 12.1 Å². The second-order valence-electron chi connectivity index (χ2n) is 6.78. The van der Waals surface area contributed by atoms with Gasteiger partial charge in [0.25, 0.3) is 5.91 Å². The lowest BCUT2D eigenvalue weighted by molar-refractivity contribution is 0.0919. The number of amides is 3. The van der Waals surface area contributed by atoms with Gasteiger partial charge in [0.15, 0.2) is 5.82 Å². The Hall–Kier alpha value is -2.90. The van der Waals surface area contributed by atoms with Gasteiger partial charge in [-0.2, -0.15) is 4.98 Å². The minimum absolute atomic E-state index is 0.163. The number of urea groups is 1. The first kappa shape index (κ1) is 18.4. The van der Waals surface area contributed by atoms with Crippen molar-refractivity contribution in [2.75, 3.05) is 5.32 Å². The fourth-order valence-electron chi connectivity index (χ4n) is 2.03. The summed E-state index contributed by atoms with van der Waals surface area (Å²) < 4.78 is 5.01. The molecule has 0 radical (unpaired) electrons. The Kier molecular flexibility index (Phi) is 5.41. The highest BCUT2D eigenvalue weighted by molar-refractivity contribution is 5.95. The third-order valence-corrected chi connectivity index (χ3v) is 3.15. The first-order chi connectivity index (χ1) is 11.6. The first-order valence-electron chi connectivity index (χ1n) is 7.94. The molecule has 2 aromatic rings. The van der Waals surface area contributed by atoms with Crippen LogP contribution in [0.5, 0.6) is 0 Å². The van der Waals surface area contributed by atoms with Crippen molar-refractivity contribution in [3.63, 3.8) is 0 Å². The molecule has 1 heterocycles. The van der Waals surface area contributed by atoms with Crippen molar-refractivity contribution in [3.05, 3.63) is 41.5 Å². The molecule has 1 aromatic carbocycles. The van der Waals surface area contributed by atoms with Crippen molar-refractivity contribution >= 4 is 17.6 Å². The highest BCUT2D eigenvalue weighted by atomic mass is 16.5. The van der Waals surface area contributed by atoms with Gasteiger partial charge in [-0.25, -0.2) is 4.79 Å². The van der Waals surface area contributed by atoms with E-state index in [4.69, 9.17) is 4.52 Å². The lowest BCUT2D eigenvalue weighted by Crippen LogP contribution is -2.40. The van der Waals surface area contributed by atoms with E-state index in [0.717, 1.165) is 0 Å². The van der Waals surface area contributed by atoms with Gasteiger partial charge in [0.05, 0.1) is 0 Å². The molecule has 2 rings (SSSR count). The molecule has 0 aliphatic heterocycles. The summed E-state index contributed by atoms with van der Waals surface area (Å²) in [6.45, 7) is 9.19. The van der Waals surface area contributed by atoms with Crippen LogP contribution in [0.15, 0.2) is 28.8 Å². The Morgan fingerprint density at radius 1 is 1.16 bits per heavy atom. The molecule has 0 bridgehead atoms. The average Bonchev–Trinajstić information content (AvgIpc) is 2.92. The SMILES string of the molecule is Cc1noc(C(C)NC(=O)Nc2ccc(C(=O)NC(C)(C)C)cc2)n1. The average molecular weight is 345 g/mol. The number of carbonyl (C=O) groups excluding carboxylic acids is 2. The predicted octanol–water partition coefficient (Wildman–Crippen LogP) is 2.79. The first-order valence-corrected chi connectivity index (χ1v) is 7.94. The van der Waals surface area contributed by atoms with Gasteiger partial charge in [0.1, 0.15) is 6.04 Å². The van der Waals surface area contributed by atoms with Crippen molar-refractivity contribution in [1.82, 2.24) is 20.8 Å². The number of anilines is 1. The van der Waals surface area contributed by atoms with Crippen molar-refractivity contribution < 1.29 is 14.1 Å². The number of aromatic nitrogens is 2. The van der Waals surface area contributed by atoms with Crippen molar-refractivity contribution in [2.24, 2.45) is 0 Å². The minimum atomic E-state index is -0.418. The van der Waals surface area contributed by atoms with Crippen LogP contribution in [-0.2, 0) is 0 Å². The molecule has 8 heteroatoms. The van der Waals surface area contributed by atoms with Gasteiger partial charge in [-0.3, -0.25) is 4.79 Å². The molecule has 0 saturated heterocycles. The van der Waals surface area contributed by atoms with Crippen LogP contribution < -0.4 is 16.0 Å². The van der Waals surface area contributed by atoms with Crippen LogP contribution in [-0.4, -0.2) is 27.6 Å². The van der Waals surface area contributed by atoms with E-state index in [9.17, 15) is 9.59 Å². The fourth-order valence-corrected chi connectivity index (χ4v) is 2.03. The topological polar surface area (TPSA) is 109 Å². The lowest BCUT2D eigenvalue weighted by atomic mass is 10.1. The van der Waals surface area contributed by atoms with Gasteiger partial charge >= 0.3 is 6.03 Å². The van der Waals surface area contributed by atoms with Gasteiger partial charge in [0, 0.05) is 16.8 Å². The number of aryl methyl sites for hydroxylation is 1. The molecule has 0 fully saturated rings. The van der Waals surface area contributed by atoms with Gasteiger partial charge in [-0.15, -0.1) is 0 Å². The third kappa shape index (κ3) is 5.59. The zero-order valence-electron chi connectivity index (χ0n) is 15.0. The second kappa shape index (κ2) is 7.33. The summed E-state index contributed by atoms with van der Waals surface area (Å²) in [6, 6.07) is 5.81. The number of rotatable bonds is 4. The van der Waals surface area contributed by atoms with E-state index in [1.54, 1.807) is 38.1 Å². The van der Waals surface area contributed by atoms with Gasteiger partial charge in [0.2, 0.25) is 5.89 Å². The Morgan fingerprint density at radius 2 is 1.80 bits per heavy atom. The molecule has 1 unspecified atom stereocenters. The van der Waals surface area contributed by atoms with Crippen LogP contribution in [0.2, 0.25) is 0 Å².